The van der Waals surface area contributed by atoms with Crippen LogP contribution in [0.15, 0.2) is 11.4 Å². The Hall–Kier alpha value is -1.89. The average molecular weight is 280 g/mol. The molecule has 0 spiro atoms. The number of nitrogens with one attached hydrogen (secondary N) is 2. The zero-order valence-corrected chi connectivity index (χ0v) is 11.9. The number of carbonyl (C=O) groups is 1. The molecule has 19 heavy (non-hydrogen) atoms. The molecular weight excluding hydrogens is 264 g/mol. The van der Waals surface area contributed by atoms with Gasteiger partial charge in [0.25, 0.3) is 0 Å². The highest BCUT2D eigenvalue weighted by Gasteiger charge is 2.17. The lowest BCUT2D eigenvalue weighted by Crippen LogP contribution is -2.28. The van der Waals surface area contributed by atoms with Crippen molar-refractivity contribution in [2.75, 3.05) is 24.3 Å². The fourth-order valence-electron chi connectivity index (χ4n) is 1.61. The number of aromatic nitrogens is 2. The van der Waals surface area contributed by atoms with Gasteiger partial charge >= 0.3 is 5.97 Å². The molecule has 1 unspecified atom stereocenters. The normalized spacial score (nSPS) is 12.2. The fraction of sp³-hybridized carbons (Fsp3) is 0.417. The minimum absolute atomic E-state index is 0.296. The summed E-state index contributed by atoms with van der Waals surface area (Å²) in [5.41, 5.74) is 0. The number of rotatable bonds is 5. The van der Waals surface area contributed by atoms with Crippen LogP contribution < -0.4 is 10.6 Å². The van der Waals surface area contributed by atoms with Crippen molar-refractivity contribution in [3.63, 3.8) is 0 Å². The van der Waals surface area contributed by atoms with Gasteiger partial charge < -0.3 is 15.4 Å². The van der Waals surface area contributed by atoms with Crippen LogP contribution in [0.4, 0.5) is 11.8 Å². The number of esters is 1. The first-order valence-electron chi connectivity index (χ1n) is 6.01. The topological polar surface area (TPSA) is 76.1 Å². The summed E-state index contributed by atoms with van der Waals surface area (Å²) in [6.45, 7) is 3.90. The van der Waals surface area contributed by atoms with E-state index in [0.717, 1.165) is 10.2 Å². The summed E-state index contributed by atoms with van der Waals surface area (Å²) in [5, 5.41) is 8.82. The number of thiophene rings is 1. The Bertz CT molecular complexity index is 584. The molecular formula is C12H16N4O2S. The number of hydrogen-bond donors (Lipinski definition) is 2. The molecule has 2 aromatic heterocycles. The third kappa shape index (κ3) is 2.93. The number of fused-ring (bicyclic) bond motifs is 1. The molecule has 2 rings (SSSR count). The molecule has 102 valence electrons. The molecule has 0 fully saturated rings. The SMILES string of the molecule is CCOC(=O)C(C)Nc1nc(NC)nc2sccc12. The standard InChI is InChI=1S/C12H16N4O2S/c1-4-18-11(17)7(2)14-9-8-5-6-19-10(8)16-12(13-3)15-9/h5-7H,4H2,1-3H3,(H2,13,14,15,16). The van der Waals surface area contributed by atoms with Crippen LogP contribution >= 0.6 is 11.3 Å². The molecule has 0 aliphatic rings. The van der Waals surface area contributed by atoms with Gasteiger partial charge in [0.05, 0.1) is 12.0 Å². The van der Waals surface area contributed by atoms with Gasteiger partial charge in [-0.15, -0.1) is 11.3 Å². The van der Waals surface area contributed by atoms with Gasteiger partial charge in [0.15, 0.2) is 0 Å². The van der Waals surface area contributed by atoms with Gasteiger partial charge in [-0.2, -0.15) is 4.98 Å². The predicted octanol–water partition coefficient (Wildman–Crippen LogP) is 2.10. The summed E-state index contributed by atoms with van der Waals surface area (Å²) in [6.07, 6.45) is 0. The number of anilines is 2. The maximum atomic E-state index is 11.6. The number of hydrogen-bond acceptors (Lipinski definition) is 7. The first-order valence-corrected chi connectivity index (χ1v) is 6.89. The highest BCUT2D eigenvalue weighted by atomic mass is 32.1. The summed E-state index contributed by atoms with van der Waals surface area (Å²) >= 11 is 1.53. The van der Waals surface area contributed by atoms with Gasteiger partial charge in [0.2, 0.25) is 5.95 Å². The molecule has 7 heteroatoms. The Labute approximate surface area is 115 Å². The molecule has 0 aliphatic carbocycles. The summed E-state index contributed by atoms with van der Waals surface area (Å²) in [4.78, 5) is 21.2. The van der Waals surface area contributed by atoms with E-state index >= 15 is 0 Å². The zero-order chi connectivity index (χ0) is 13.8. The molecule has 0 saturated carbocycles. The van der Waals surface area contributed by atoms with Crippen molar-refractivity contribution in [3.05, 3.63) is 11.4 Å². The quantitative estimate of drug-likeness (QED) is 0.817. The lowest BCUT2D eigenvalue weighted by atomic mass is 10.3. The Balaban J connectivity index is 2.28. The van der Waals surface area contributed by atoms with Gasteiger partial charge in [0, 0.05) is 7.05 Å². The third-order valence-electron chi connectivity index (χ3n) is 2.54. The van der Waals surface area contributed by atoms with Gasteiger partial charge in [-0.3, -0.25) is 0 Å². The Kier molecular flexibility index (Phi) is 4.16. The van der Waals surface area contributed by atoms with E-state index in [4.69, 9.17) is 4.74 Å². The first kappa shape index (κ1) is 13.5. The van der Waals surface area contributed by atoms with Crippen LogP contribution in [0.5, 0.6) is 0 Å². The lowest BCUT2D eigenvalue weighted by molar-refractivity contribution is -0.143. The summed E-state index contributed by atoms with van der Waals surface area (Å²) in [6, 6.07) is 1.47. The van der Waals surface area contributed by atoms with Crippen molar-refractivity contribution in [1.29, 1.82) is 0 Å². The molecule has 2 heterocycles. The molecule has 6 nitrogen and oxygen atoms in total. The van der Waals surface area contributed by atoms with Crippen molar-refractivity contribution in [2.45, 2.75) is 19.9 Å². The van der Waals surface area contributed by atoms with Gasteiger partial charge in [-0.25, -0.2) is 9.78 Å². The molecule has 0 bridgehead atoms. The third-order valence-corrected chi connectivity index (χ3v) is 3.35. The molecule has 1 atom stereocenters. The van der Waals surface area contributed by atoms with E-state index in [0.29, 0.717) is 18.4 Å². The largest absolute Gasteiger partial charge is 0.464 e. The zero-order valence-electron chi connectivity index (χ0n) is 11.1. The minimum Gasteiger partial charge on any atom is -0.464 e. The first-order chi connectivity index (χ1) is 9.15. The lowest BCUT2D eigenvalue weighted by Gasteiger charge is -2.14. The van der Waals surface area contributed by atoms with E-state index in [1.807, 2.05) is 11.4 Å². The molecule has 0 radical (unpaired) electrons. The van der Waals surface area contributed by atoms with Crippen molar-refractivity contribution < 1.29 is 9.53 Å². The van der Waals surface area contributed by atoms with E-state index in [-0.39, 0.29) is 5.97 Å². The maximum absolute atomic E-state index is 11.6. The second-order valence-corrected chi connectivity index (χ2v) is 4.80. The van der Waals surface area contributed by atoms with Crippen LogP contribution in [-0.4, -0.2) is 35.6 Å². The number of nitrogens with zero attached hydrogens (tertiary/aromatic N) is 2. The predicted molar refractivity (Wildman–Crippen MR) is 76.7 cm³/mol. The molecule has 0 aliphatic heterocycles. The van der Waals surface area contributed by atoms with Crippen LogP contribution in [0.1, 0.15) is 13.8 Å². The molecule has 0 saturated heterocycles. The summed E-state index contributed by atoms with van der Waals surface area (Å²) in [5.74, 6) is 0.861. The van der Waals surface area contributed by atoms with E-state index in [2.05, 4.69) is 20.6 Å². The van der Waals surface area contributed by atoms with E-state index < -0.39 is 6.04 Å². The fourth-order valence-corrected chi connectivity index (χ4v) is 2.37. The monoisotopic (exact) mass is 280 g/mol. The highest BCUT2D eigenvalue weighted by molar-refractivity contribution is 7.16. The molecule has 0 aromatic carbocycles. The summed E-state index contributed by atoms with van der Waals surface area (Å²) < 4.78 is 4.97. The van der Waals surface area contributed by atoms with Crippen LogP contribution in [-0.2, 0) is 9.53 Å². The minimum atomic E-state index is -0.456. The van der Waals surface area contributed by atoms with Crippen molar-refractivity contribution in [1.82, 2.24) is 9.97 Å². The average Bonchev–Trinajstić information content (AvgIpc) is 2.87. The van der Waals surface area contributed by atoms with E-state index in [1.165, 1.54) is 11.3 Å². The molecule has 2 N–H and O–H groups in total. The number of ether oxygens (including phenoxy) is 1. The van der Waals surface area contributed by atoms with Gasteiger partial charge in [-0.1, -0.05) is 0 Å². The highest BCUT2D eigenvalue weighted by Crippen LogP contribution is 2.26. The Morgan fingerprint density at radius 2 is 2.32 bits per heavy atom. The van der Waals surface area contributed by atoms with E-state index in [9.17, 15) is 4.79 Å². The Morgan fingerprint density at radius 1 is 1.53 bits per heavy atom. The Morgan fingerprint density at radius 3 is 3.00 bits per heavy atom. The van der Waals surface area contributed by atoms with Crippen molar-refractivity contribution in [2.24, 2.45) is 0 Å². The van der Waals surface area contributed by atoms with Crippen LogP contribution in [0.2, 0.25) is 0 Å². The van der Waals surface area contributed by atoms with Crippen LogP contribution in [0.25, 0.3) is 10.2 Å². The van der Waals surface area contributed by atoms with Crippen LogP contribution in [0, 0.1) is 0 Å². The molecule has 2 aromatic rings. The maximum Gasteiger partial charge on any atom is 0.328 e. The van der Waals surface area contributed by atoms with Crippen molar-refractivity contribution >= 4 is 39.3 Å². The van der Waals surface area contributed by atoms with Gasteiger partial charge in [0.1, 0.15) is 16.7 Å². The molecule has 0 amide bonds. The van der Waals surface area contributed by atoms with Crippen LogP contribution in [0.3, 0.4) is 0 Å². The second-order valence-electron chi connectivity index (χ2n) is 3.90. The summed E-state index contributed by atoms with van der Waals surface area (Å²) in [7, 11) is 1.76. The van der Waals surface area contributed by atoms with E-state index in [1.54, 1.807) is 20.9 Å². The smallest absolute Gasteiger partial charge is 0.328 e. The van der Waals surface area contributed by atoms with Crippen molar-refractivity contribution in [3.8, 4) is 0 Å². The second kappa shape index (κ2) is 5.83. The van der Waals surface area contributed by atoms with Gasteiger partial charge in [-0.05, 0) is 25.3 Å². The number of carbonyl (C=O) groups excluding carboxylic acids is 1.